The molecule has 2 aromatic heterocycles. The number of nitrogens with one attached hydrogen (secondary N) is 1. The van der Waals surface area contributed by atoms with Crippen LogP contribution in [0, 0.1) is 5.92 Å². The first kappa shape index (κ1) is 13.3. The lowest BCUT2D eigenvalue weighted by Crippen LogP contribution is -2.26. The van der Waals surface area contributed by atoms with Crippen molar-refractivity contribution in [1.82, 2.24) is 24.5 Å². The maximum absolute atomic E-state index is 5.72. The number of nitrogens with two attached hydrogens (primary N) is 1. The Balaban J connectivity index is 2.27. The number of hydrogen-bond donors (Lipinski definition) is 2. The second-order valence-electron chi connectivity index (χ2n) is 4.69. The number of nitrogen functional groups attached to an aromatic ring is 1. The fraction of sp³-hybridized carbons (Fsp3) is 0.500. The van der Waals surface area contributed by atoms with Gasteiger partial charge in [0.25, 0.3) is 0 Å². The van der Waals surface area contributed by atoms with Crippen LogP contribution in [0.2, 0.25) is 0 Å². The van der Waals surface area contributed by atoms with Gasteiger partial charge in [-0.05, 0) is 12.3 Å². The molecule has 0 aliphatic carbocycles. The summed E-state index contributed by atoms with van der Waals surface area (Å²) < 4.78 is 1.69. The van der Waals surface area contributed by atoms with E-state index in [0.29, 0.717) is 23.9 Å². The van der Waals surface area contributed by atoms with Gasteiger partial charge in [0.2, 0.25) is 17.8 Å². The highest BCUT2D eigenvalue weighted by molar-refractivity contribution is 5.36. The quantitative estimate of drug-likeness (QED) is 0.846. The summed E-state index contributed by atoms with van der Waals surface area (Å²) in [6.07, 6.45) is 6.04. The molecule has 3 N–H and O–H groups in total. The third-order valence-electron chi connectivity index (χ3n) is 2.94. The first-order valence-corrected chi connectivity index (χ1v) is 6.36. The Morgan fingerprint density at radius 1 is 1.32 bits per heavy atom. The average Bonchev–Trinajstić information content (AvgIpc) is 2.88. The molecule has 0 spiro atoms. The van der Waals surface area contributed by atoms with Gasteiger partial charge in [0.1, 0.15) is 6.33 Å². The van der Waals surface area contributed by atoms with Crippen molar-refractivity contribution in [3.63, 3.8) is 0 Å². The van der Waals surface area contributed by atoms with E-state index in [0.717, 1.165) is 6.42 Å². The molecule has 7 heteroatoms. The van der Waals surface area contributed by atoms with E-state index in [-0.39, 0.29) is 5.95 Å². The van der Waals surface area contributed by atoms with Gasteiger partial charge in [0, 0.05) is 18.4 Å². The minimum atomic E-state index is 0.194. The summed E-state index contributed by atoms with van der Waals surface area (Å²) in [5.74, 6) is 1.64. The van der Waals surface area contributed by atoms with Crippen LogP contribution in [-0.2, 0) is 0 Å². The van der Waals surface area contributed by atoms with E-state index in [1.165, 1.54) is 0 Å². The van der Waals surface area contributed by atoms with Crippen molar-refractivity contribution in [3.8, 4) is 5.95 Å². The van der Waals surface area contributed by atoms with Crippen LogP contribution in [-0.4, -0.2) is 30.5 Å². The Hall–Kier alpha value is -2.18. The molecule has 0 amide bonds. The molecular weight excluding hydrogens is 242 g/mol. The molecule has 0 fully saturated rings. The molecule has 7 nitrogen and oxygen atoms in total. The lowest BCUT2D eigenvalue weighted by atomic mass is 10.0. The van der Waals surface area contributed by atoms with Crippen molar-refractivity contribution in [2.45, 2.75) is 33.2 Å². The monoisotopic (exact) mass is 261 g/mol. The van der Waals surface area contributed by atoms with Crippen molar-refractivity contribution in [2.24, 2.45) is 5.92 Å². The summed E-state index contributed by atoms with van der Waals surface area (Å²) in [6.45, 7) is 6.43. The summed E-state index contributed by atoms with van der Waals surface area (Å²) in [4.78, 5) is 16.5. The summed E-state index contributed by atoms with van der Waals surface area (Å²) >= 11 is 0. The molecule has 102 valence electrons. The van der Waals surface area contributed by atoms with Crippen LogP contribution in [0.15, 0.2) is 18.7 Å². The Morgan fingerprint density at radius 3 is 2.68 bits per heavy atom. The number of imidazole rings is 1. The molecule has 0 aliphatic rings. The zero-order valence-corrected chi connectivity index (χ0v) is 11.4. The predicted molar refractivity (Wildman–Crippen MR) is 73.9 cm³/mol. The summed E-state index contributed by atoms with van der Waals surface area (Å²) in [7, 11) is 0. The number of anilines is 2. The van der Waals surface area contributed by atoms with Gasteiger partial charge in [0.15, 0.2) is 0 Å². The fourth-order valence-electron chi connectivity index (χ4n) is 1.84. The van der Waals surface area contributed by atoms with E-state index in [1.54, 1.807) is 23.3 Å². The first-order valence-electron chi connectivity index (χ1n) is 6.36. The van der Waals surface area contributed by atoms with E-state index in [2.05, 4.69) is 46.0 Å². The maximum Gasteiger partial charge on any atom is 0.241 e. The van der Waals surface area contributed by atoms with Gasteiger partial charge in [-0.2, -0.15) is 15.0 Å². The van der Waals surface area contributed by atoms with Gasteiger partial charge in [-0.15, -0.1) is 0 Å². The largest absolute Gasteiger partial charge is 0.368 e. The molecule has 0 aliphatic heterocycles. The number of aromatic nitrogens is 5. The van der Waals surface area contributed by atoms with Crippen molar-refractivity contribution in [3.05, 3.63) is 18.7 Å². The molecule has 0 radical (unpaired) electrons. The van der Waals surface area contributed by atoms with Crippen LogP contribution in [0.5, 0.6) is 0 Å². The Morgan fingerprint density at radius 2 is 2.11 bits per heavy atom. The van der Waals surface area contributed by atoms with E-state index < -0.39 is 0 Å². The smallest absolute Gasteiger partial charge is 0.241 e. The second kappa shape index (κ2) is 5.64. The fourth-order valence-corrected chi connectivity index (χ4v) is 1.84. The molecule has 2 aromatic rings. The number of hydrogen-bond acceptors (Lipinski definition) is 6. The topological polar surface area (TPSA) is 94.5 Å². The molecular formula is C12H19N7. The minimum absolute atomic E-state index is 0.194. The van der Waals surface area contributed by atoms with Crippen molar-refractivity contribution in [1.29, 1.82) is 0 Å². The summed E-state index contributed by atoms with van der Waals surface area (Å²) in [6, 6.07) is 0.303. The molecule has 1 atom stereocenters. The Kier molecular flexibility index (Phi) is 3.94. The van der Waals surface area contributed by atoms with Gasteiger partial charge in [-0.25, -0.2) is 4.98 Å². The molecule has 0 aromatic carbocycles. The van der Waals surface area contributed by atoms with Crippen molar-refractivity contribution >= 4 is 11.9 Å². The van der Waals surface area contributed by atoms with Gasteiger partial charge in [-0.3, -0.25) is 4.57 Å². The molecule has 19 heavy (non-hydrogen) atoms. The molecule has 1 unspecified atom stereocenters. The lowest BCUT2D eigenvalue weighted by Gasteiger charge is -2.20. The van der Waals surface area contributed by atoms with Crippen LogP contribution >= 0.6 is 0 Å². The van der Waals surface area contributed by atoms with Crippen LogP contribution in [0.3, 0.4) is 0 Å². The minimum Gasteiger partial charge on any atom is -0.368 e. The first-order chi connectivity index (χ1) is 9.10. The van der Waals surface area contributed by atoms with Crippen LogP contribution in [0.1, 0.15) is 27.2 Å². The highest BCUT2D eigenvalue weighted by Crippen LogP contribution is 2.13. The zero-order chi connectivity index (χ0) is 13.8. The molecule has 0 saturated heterocycles. The van der Waals surface area contributed by atoms with Gasteiger partial charge in [-0.1, -0.05) is 20.8 Å². The van der Waals surface area contributed by atoms with Crippen molar-refractivity contribution < 1.29 is 0 Å². The van der Waals surface area contributed by atoms with Gasteiger partial charge >= 0.3 is 0 Å². The van der Waals surface area contributed by atoms with E-state index in [9.17, 15) is 0 Å². The highest BCUT2D eigenvalue weighted by Gasteiger charge is 2.13. The van der Waals surface area contributed by atoms with Crippen LogP contribution < -0.4 is 11.1 Å². The van der Waals surface area contributed by atoms with Gasteiger partial charge < -0.3 is 11.1 Å². The van der Waals surface area contributed by atoms with E-state index in [1.807, 2.05) is 0 Å². The predicted octanol–water partition coefficient (Wildman–Crippen LogP) is 1.49. The zero-order valence-electron chi connectivity index (χ0n) is 11.4. The normalized spacial score (nSPS) is 12.6. The summed E-state index contributed by atoms with van der Waals surface area (Å²) in [5, 5.41) is 3.30. The average molecular weight is 261 g/mol. The third-order valence-corrected chi connectivity index (χ3v) is 2.94. The maximum atomic E-state index is 5.72. The van der Waals surface area contributed by atoms with Gasteiger partial charge in [0.05, 0.1) is 0 Å². The summed E-state index contributed by atoms with van der Waals surface area (Å²) in [5.41, 5.74) is 5.72. The molecule has 2 rings (SSSR count). The second-order valence-corrected chi connectivity index (χ2v) is 4.69. The van der Waals surface area contributed by atoms with E-state index in [4.69, 9.17) is 5.73 Å². The van der Waals surface area contributed by atoms with Crippen LogP contribution in [0.25, 0.3) is 5.95 Å². The Labute approximate surface area is 112 Å². The Bertz CT molecular complexity index is 521. The number of rotatable bonds is 5. The third kappa shape index (κ3) is 3.18. The lowest BCUT2D eigenvalue weighted by molar-refractivity contribution is 0.508. The SMILES string of the molecule is CCC(Nc1nc(N)nc(-n2ccnc2)n1)C(C)C. The standard InChI is InChI=1S/C12H19N7/c1-4-9(8(2)3)15-11-16-10(13)17-12(18-11)19-6-5-14-7-19/h5-9H,4H2,1-3H3,(H3,13,15,16,17,18). The highest BCUT2D eigenvalue weighted by atomic mass is 15.3. The molecule has 2 heterocycles. The van der Waals surface area contributed by atoms with Crippen molar-refractivity contribution in [2.75, 3.05) is 11.1 Å². The van der Waals surface area contributed by atoms with E-state index >= 15 is 0 Å². The molecule has 0 bridgehead atoms. The molecule has 0 saturated carbocycles. The van der Waals surface area contributed by atoms with Crippen LogP contribution in [0.4, 0.5) is 11.9 Å². The number of nitrogens with zero attached hydrogens (tertiary/aromatic N) is 5.